The molecule has 1 aliphatic carbocycles. The Bertz CT molecular complexity index is 534. The van der Waals surface area contributed by atoms with Crippen LogP contribution in [0, 0.1) is 11.3 Å². The third-order valence-electron chi connectivity index (χ3n) is 4.79. The minimum Gasteiger partial charge on any atom is -0.394 e. The molecule has 9 atom stereocenters. The number of rotatable bonds is 5. The highest BCUT2D eigenvalue weighted by atomic mass is 16.7. The maximum Gasteiger partial charge on any atom is 0.187 e. The molecule has 10 nitrogen and oxygen atoms in total. The number of allylic oxidation sites excluding steroid dienone is 1. The van der Waals surface area contributed by atoms with Gasteiger partial charge in [-0.2, -0.15) is 5.26 Å². The second-order valence-electron chi connectivity index (χ2n) is 6.25. The molecule has 2 rings (SSSR count). The second-order valence-corrected chi connectivity index (χ2v) is 6.25. The third-order valence-corrected chi connectivity index (χ3v) is 4.79. The largest absolute Gasteiger partial charge is 0.394 e. The van der Waals surface area contributed by atoms with E-state index in [9.17, 15) is 25.5 Å². The molecule has 5 N–H and O–H groups in total. The fourth-order valence-electron chi connectivity index (χ4n) is 3.30. The van der Waals surface area contributed by atoms with Gasteiger partial charge in [0.2, 0.25) is 0 Å². The van der Waals surface area contributed by atoms with Crippen molar-refractivity contribution < 1.29 is 44.5 Å². The van der Waals surface area contributed by atoms with Gasteiger partial charge in [0, 0.05) is 32.3 Å². The molecule has 0 aromatic heterocycles. The molecule has 148 valence electrons. The Labute approximate surface area is 150 Å². The molecule has 2 fully saturated rings. The van der Waals surface area contributed by atoms with E-state index in [1.807, 2.05) is 6.07 Å². The standard InChI is InChI=1S/C16H25NO9/c1-23-9-5-8(7(3-4-17)11(19)15(9)24-2)25-16-14(22)13(21)12(20)10(6-18)26-16/h3,8-16,18-22H,5-6H2,1-2H3/b7-3+/t8-,9+,10-,11+,12-,13+,14-,15+,16-/m1/s1. The van der Waals surface area contributed by atoms with Gasteiger partial charge in [0.05, 0.1) is 24.9 Å². The van der Waals surface area contributed by atoms with Gasteiger partial charge in [0.1, 0.15) is 36.6 Å². The van der Waals surface area contributed by atoms with Crippen LogP contribution in [0.1, 0.15) is 6.42 Å². The molecule has 0 unspecified atom stereocenters. The molecule has 26 heavy (non-hydrogen) atoms. The Morgan fingerprint density at radius 3 is 2.38 bits per heavy atom. The van der Waals surface area contributed by atoms with Gasteiger partial charge < -0.3 is 44.5 Å². The Morgan fingerprint density at radius 2 is 1.85 bits per heavy atom. The van der Waals surface area contributed by atoms with Crippen LogP contribution in [-0.4, -0.2) is 101 Å². The van der Waals surface area contributed by atoms with Gasteiger partial charge >= 0.3 is 0 Å². The fraction of sp³-hybridized carbons (Fsp3) is 0.812. The van der Waals surface area contributed by atoms with E-state index in [4.69, 9.17) is 24.2 Å². The maximum absolute atomic E-state index is 10.5. The number of hydrogen-bond acceptors (Lipinski definition) is 10. The van der Waals surface area contributed by atoms with Crippen LogP contribution in [0.25, 0.3) is 0 Å². The summed E-state index contributed by atoms with van der Waals surface area (Å²) in [5.41, 5.74) is 0.213. The molecule has 1 saturated carbocycles. The van der Waals surface area contributed by atoms with Gasteiger partial charge in [-0.3, -0.25) is 0 Å². The average molecular weight is 375 g/mol. The van der Waals surface area contributed by atoms with E-state index < -0.39 is 61.7 Å². The van der Waals surface area contributed by atoms with Crippen molar-refractivity contribution in [1.82, 2.24) is 0 Å². The highest BCUT2D eigenvalue weighted by Crippen LogP contribution is 2.33. The highest BCUT2D eigenvalue weighted by Gasteiger charge is 2.48. The smallest absolute Gasteiger partial charge is 0.187 e. The SMILES string of the molecule is CO[C@H]1[C@@H](OC)C[C@@H](O[C@@H]2O[C@H](CO)[C@@H](O)[C@H](O)[C@H]2O)/C(=C\C#N)[C@@H]1O. The first kappa shape index (κ1) is 21.2. The molecule has 10 heteroatoms. The summed E-state index contributed by atoms with van der Waals surface area (Å²) in [6.07, 6.45) is -9.22. The van der Waals surface area contributed by atoms with Crippen LogP contribution >= 0.6 is 0 Å². The zero-order chi connectivity index (χ0) is 19.4. The average Bonchev–Trinajstić information content (AvgIpc) is 2.64. The fourth-order valence-corrected chi connectivity index (χ4v) is 3.30. The predicted molar refractivity (Wildman–Crippen MR) is 84.6 cm³/mol. The van der Waals surface area contributed by atoms with Crippen LogP contribution in [0.5, 0.6) is 0 Å². The van der Waals surface area contributed by atoms with Crippen molar-refractivity contribution in [1.29, 1.82) is 5.26 Å². The van der Waals surface area contributed by atoms with Crippen molar-refractivity contribution >= 4 is 0 Å². The molecule has 0 amide bonds. The van der Waals surface area contributed by atoms with Gasteiger partial charge in [-0.15, -0.1) is 0 Å². The topological polar surface area (TPSA) is 162 Å². The van der Waals surface area contributed by atoms with Crippen LogP contribution in [0.15, 0.2) is 11.6 Å². The van der Waals surface area contributed by atoms with Crippen LogP contribution in [0.2, 0.25) is 0 Å². The van der Waals surface area contributed by atoms with Gasteiger partial charge in [-0.1, -0.05) is 0 Å². The van der Waals surface area contributed by atoms with Crippen molar-refractivity contribution in [2.75, 3.05) is 20.8 Å². The number of nitrogens with zero attached hydrogens (tertiary/aromatic N) is 1. The molecule has 0 aromatic carbocycles. The van der Waals surface area contributed by atoms with Crippen LogP contribution in [-0.2, 0) is 18.9 Å². The molecule has 0 spiro atoms. The number of methoxy groups -OCH3 is 2. The monoisotopic (exact) mass is 375 g/mol. The molecular weight excluding hydrogens is 350 g/mol. The van der Waals surface area contributed by atoms with Crippen LogP contribution in [0.3, 0.4) is 0 Å². The van der Waals surface area contributed by atoms with Gasteiger partial charge in [0.15, 0.2) is 6.29 Å². The minimum absolute atomic E-state index is 0.189. The van der Waals surface area contributed by atoms with E-state index in [2.05, 4.69) is 0 Å². The van der Waals surface area contributed by atoms with Gasteiger partial charge in [-0.05, 0) is 0 Å². The minimum atomic E-state index is -1.59. The first-order valence-corrected chi connectivity index (χ1v) is 8.18. The number of aliphatic hydroxyl groups excluding tert-OH is 5. The lowest BCUT2D eigenvalue weighted by atomic mass is 9.84. The lowest BCUT2D eigenvalue weighted by molar-refractivity contribution is -0.312. The van der Waals surface area contributed by atoms with Gasteiger partial charge in [0.25, 0.3) is 0 Å². The maximum atomic E-state index is 10.5. The van der Waals surface area contributed by atoms with Gasteiger partial charge in [-0.25, -0.2) is 0 Å². The summed E-state index contributed by atoms with van der Waals surface area (Å²) in [4.78, 5) is 0. The Balaban J connectivity index is 2.22. The quantitative estimate of drug-likeness (QED) is 0.323. The van der Waals surface area contributed by atoms with Crippen molar-refractivity contribution in [2.24, 2.45) is 0 Å². The van der Waals surface area contributed by atoms with E-state index in [1.165, 1.54) is 14.2 Å². The normalized spacial score (nSPS) is 45.5. The zero-order valence-corrected chi connectivity index (χ0v) is 14.5. The summed E-state index contributed by atoms with van der Waals surface area (Å²) >= 11 is 0. The van der Waals surface area contributed by atoms with Crippen LogP contribution in [0.4, 0.5) is 0 Å². The summed E-state index contributed by atoms with van der Waals surface area (Å²) in [6, 6.07) is 1.83. The third kappa shape index (κ3) is 4.07. The number of aliphatic hydroxyl groups is 5. The molecule has 2 aliphatic rings. The summed E-state index contributed by atoms with van der Waals surface area (Å²) in [6.45, 7) is -0.592. The summed E-state index contributed by atoms with van der Waals surface area (Å²) in [5, 5.41) is 58.5. The number of ether oxygens (including phenoxy) is 4. The van der Waals surface area contributed by atoms with E-state index in [0.717, 1.165) is 6.08 Å². The summed E-state index contributed by atoms with van der Waals surface area (Å²) < 4.78 is 21.6. The molecule has 0 aromatic rings. The molecule has 1 aliphatic heterocycles. The van der Waals surface area contributed by atoms with Crippen molar-refractivity contribution in [2.45, 2.75) is 61.5 Å². The zero-order valence-electron chi connectivity index (χ0n) is 14.5. The predicted octanol–water partition coefficient (Wildman–Crippen LogP) is -2.58. The molecule has 1 heterocycles. The molecule has 0 radical (unpaired) electrons. The first-order valence-electron chi connectivity index (χ1n) is 8.18. The van der Waals surface area contributed by atoms with E-state index >= 15 is 0 Å². The Kier molecular flexibility index (Phi) is 7.48. The summed E-state index contributed by atoms with van der Waals surface area (Å²) in [5.74, 6) is 0. The molecule has 0 bridgehead atoms. The molecular formula is C16H25NO9. The van der Waals surface area contributed by atoms with Crippen molar-refractivity contribution in [3.63, 3.8) is 0 Å². The van der Waals surface area contributed by atoms with Crippen LogP contribution < -0.4 is 0 Å². The van der Waals surface area contributed by atoms with Crippen molar-refractivity contribution in [3.8, 4) is 6.07 Å². The Hall–Kier alpha value is -1.13. The van der Waals surface area contributed by atoms with E-state index in [0.29, 0.717) is 0 Å². The lowest BCUT2D eigenvalue weighted by Gasteiger charge is -2.44. The van der Waals surface area contributed by atoms with E-state index in [-0.39, 0.29) is 12.0 Å². The number of hydrogen-bond donors (Lipinski definition) is 5. The Morgan fingerprint density at radius 1 is 1.15 bits per heavy atom. The molecule has 1 saturated heterocycles. The highest BCUT2D eigenvalue weighted by molar-refractivity contribution is 5.26. The second kappa shape index (κ2) is 9.18. The summed E-state index contributed by atoms with van der Waals surface area (Å²) in [7, 11) is 2.84. The van der Waals surface area contributed by atoms with Crippen molar-refractivity contribution in [3.05, 3.63) is 11.6 Å². The lowest BCUT2D eigenvalue weighted by Crippen LogP contribution is -2.60. The first-order chi connectivity index (χ1) is 12.4. The number of nitriles is 1. The van der Waals surface area contributed by atoms with E-state index in [1.54, 1.807) is 0 Å².